The Morgan fingerprint density at radius 3 is 2.57 bits per heavy atom. The van der Waals surface area contributed by atoms with Gasteiger partial charge in [0.05, 0.1) is 5.41 Å². The lowest BCUT2D eigenvalue weighted by Gasteiger charge is -2.30. The van der Waals surface area contributed by atoms with Crippen molar-refractivity contribution in [3.05, 3.63) is 0 Å². The summed E-state index contributed by atoms with van der Waals surface area (Å²) in [5.74, 6) is 0.828. The summed E-state index contributed by atoms with van der Waals surface area (Å²) >= 11 is 0. The van der Waals surface area contributed by atoms with Gasteiger partial charge in [-0.3, -0.25) is 9.59 Å². The molecular weight excluding hydrogens is 266 g/mol. The number of rotatable bonds is 3. The zero-order chi connectivity index (χ0) is 15.0. The average Bonchev–Trinajstić information content (AvgIpc) is 3.02. The number of hydrogen-bond acceptors (Lipinski definition) is 3. The molecule has 2 N–H and O–H groups in total. The zero-order valence-corrected chi connectivity index (χ0v) is 13.2. The molecule has 3 aliphatic rings. The van der Waals surface area contributed by atoms with Crippen molar-refractivity contribution < 1.29 is 9.59 Å². The highest BCUT2D eigenvalue weighted by Gasteiger charge is 2.42. The highest BCUT2D eigenvalue weighted by molar-refractivity contribution is 5.84. The van der Waals surface area contributed by atoms with Crippen LogP contribution in [0.1, 0.15) is 45.4 Å². The van der Waals surface area contributed by atoms with Gasteiger partial charge in [-0.2, -0.15) is 0 Å². The molecule has 3 fully saturated rings. The lowest BCUT2D eigenvalue weighted by molar-refractivity contribution is -0.133. The maximum Gasteiger partial charge on any atom is 0.227 e. The van der Waals surface area contributed by atoms with Gasteiger partial charge in [0, 0.05) is 38.6 Å². The van der Waals surface area contributed by atoms with Gasteiger partial charge in [0.1, 0.15) is 0 Å². The molecule has 5 nitrogen and oxygen atoms in total. The van der Waals surface area contributed by atoms with E-state index >= 15 is 0 Å². The summed E-state index contributed by atoms with van der Waals surface area (Å²) in [5.41, 5.74) is -0.405. The number of fused-ring (bicyclic) bond motifs is 2. The Morgan fingerprint density at radius 2 is 1.95 bits per heavy atom. The van der Waals surface area contributed by atoms with Crippen LogP contribution in [0.15, 0.2) is 0 Å². The van der Waals surface area contributed by atoms with E-state index in [1.165, 1.54) is 12.8 Å². The fraction of sp³-hybridized carbons (Fsp3) is 0.875. The second kappa shape index (κ2) is 5.59. The summed E-state index contributed by atoms with van der Waals surface area (Å²) in [5, 5.41) is 6.34. The Morgan fingerprint density at radius 1 is 1.29 bits per heavy atom. The first kappa shape index (κ1) is 14.8. The van der Waals surface area contributed by atoms with Crippen LogP contribution in [-0.2, 0) is 9.59 Å². The van der Waals surface area contributed by atoms with E-state index in [1.807, 2.05) is 11.8 Å². The molecule has 3 aliphatic heterocycles. The normalized spacial score (nSPS) is 38.6. The molecule has 0 spiro atoms. The van der Waals surface area contributed by atoms with Crippen molar-refractivity contribution >= 4 is 11.8 Å². The zero-order valence-electron chi connectivity index (χ0n) is 13.2. The SMILES string of the molecule is CNC(=O)C1(C)CCN(C(=O)CC2CC3CCC(C2)N3)C1. The van der Waals surface area contributed by atoms with E-state index in [2.05, 4.69) is 10.6 Å². The summed E-state index contributed by atoms with van der Waals surface area (Å²) in [4.78, 5) is 26.4. The molecule has 0 aromatic rings. The maximum absolute atomic E-state index is 12.5. The molecule has 3 heterocycles. The topological polar surface area (TPSA) is 61.4 Å². The molecule has 0 aliphatic carbocycles. The van der Waals surface area contributed by atoms with Crippen LogP contribution in [0.2, 0.25) is 0 Å². The predicted octanol–water partition coefficient (Wildman–Crippen LogP) is 0.892. The number of piperidine rings is 1. The van der Waals surface area contributed by atoms with E-state index in [0.29, 0.717) is 31.0 Å². The van der Waals surface area contributed by atoms with Crippen molar-refractivity contribution in [3.8, 4) is 0 Å². The van der Waals surface area contributed by atoms with E-state index in [4.69, 9.17) is 0 Å². The van der Waals surface area contributed by atoms with Crippen LogP contribution < -0.4 is 10.6 Å². The minimum atomic E-state index is -0.405. The smallest absolute Gasteiger partial charge is 0.227 e. The van der Waals surface area contributed by atoms with Gasteiger partial charge in [0.15, 0.2) is 0 Å². The van der Waals surface area contributed by atoms with Crippen LogP contribution in [0, 0.1) is 11.3 Å². The number of nitrogens with one attached hydrogen (secondary N) is 2. The molecule has 3 unspecified atom stereocenters. The lowest BCUT2D eigenvalue weighted by atomic mass is 9.88. The second-order valence-electron chi connectivity index (χ2n) is 7.38. The van der Waals surface area contributed by atoms with Crippen molar-refractivity contribution in [3.63, 3.8) is 0 Å². The summed E-state index contributed by atoms with van der Waals surface area (Å²) in [6, 6.07) is 1.27. The molecule has 3 saturated heterocycles. The molecule has 3 atom stereocenters. The monoisotopic (exact) mass is 293 g/mol. The highest BCUT2D eigenvalue weighted by Crippen LogP contribution is 2.35. The van der Waals surface area contributed by atoms with Crippen LogP contribution in [0.25, 0.3) is 0 Å². The number of carbonyl (C=O) groups excluding carboxylic acids is 2. The Bertz CT molecular complexity index is 427. The largest absolute Gasteiger partial charge is 0.359 e. The van der Waals surface area contributed by atoms with Crippen molar-refractivity contribution in [1.29, 1.82) is 0 Å². The first-order valence-corrected chi connectivity index (χ1v) is 8.26. The Hall–Kier alpha value is -1.10. The lowest BCUT2D eigenvalue weighted by Crippen LogP contribution is -2.42. The average molecular weight is 293 g/mol. The Balaban J connectivity index is 1.54. The fourth-order valence-electron chi connectivity index (χ4n) is 4.38. The number of hydrogen-bond donors (Lipinski definition) is 2. The molecule has 0 aromatic carbocycles. The second-order valence-corrected chi connectivity index (χ2v) is 7.38. The van der Waals surface area contributed by atoms with E-state index in [9.17, 15) is 9.59 Å². The number of nitrogens with zero attached hydrogens (tertiary/aromatic N) is 1. The summed E-state index contributed by atoms with van der Waals surface area (Å²) in [6.07, 6.45) is 6.27. The van der Waals surface area contributed by atoms with E-state index in [1.54, 1.807) is 7.05 Å². The summed E-state index contributed by atoms with van der Waals surface area (Å²) in [6.45, 7) is 3.26. The summed E-state index contributed by atoms with van der Waals surface area (Å²) < 4.78 is 0. The van der Waals surface area contributed by atoms with Gasteiger partial charge in [-0.25, -0.2) is 0 Å². The Kier molecular flexibility index (Phi) is 3.95. The third-order valence-corrected chi connectivity index (χ3v) is 5.64. The molecule has 3 rings (SSSR count). The molecule has 0 radical (unpaired) electrons. The van der Waals surface area contributed by atoms with Gasteiger partial charge >= 0.3 is 0 Å². The highest BCUT2D eigenvalue weighted by atomic mass is 16.2. The Labute approximate surface area is 126 Å². The molecule has 21 heavy (non-hydrogen) atoms. The standard InChI is InChI=1S/C16H27N3O2/c1-16(15(21)17-2)5-6-19(10-16)14(20)9-11-7-12-3-4-13(8-11)18-12/h11-13,18H,3-10H2,1-2H3,(H,17,21). The molecule has 2 bridgehead atoms. The van der Waals surface area contributed by atoms with Crippen molar-refractivity contribution in [2.45, 2.75) is 57.5 Å². The van der Waals surface area contributed by atoms with Gasteiger partial charge in [-0.15, -0.1) is 0 Å². The van der Waals surface area contributed by atoms with Crippen LogP contribution in [0.4, 0.5) is 0 Å². The first-order chi connectivity index (χ1) is 10.00. The molecule has 118 valence electrons. The number of likely N-dealkylation sites (tertiary alicyclic amines) is 1. The van der Waals surface area contributed by atoms with E-state index < -0.39 is 5.41 Å². The van der Waals surface area contributed by atoms with Gasteiger partial charge in [-0.1, -0.05) is 0 Å². The van der Waals surface area contributed by atoms with Crippen LogP contribution in [0.5, 0.6) is 0 Å². The molecular formula is C16H27N3O2. The quantitative estimate of drug-likeness (QED) is 0.812. The van der Waals surface area contributed by atoms with E-state index in [-0.39, 0.29) is 11.8 Å². The maximum atomic E-state index is 12.5. The van der Waals surface area contributed by atoms with Crippen LogP contribution in [0.3, 0.4) is 0 Å². The van der Waals surface area contributed by atoms with Gasteiger partial charge in [-0.05, 0) is 44.9 Å². The summed E-state index contributed by atoms with van der Waals surface area (Å²) in [7, 11) is 1.67. The van der Waals surface area contributed by atoms with Crippen LogP contribution in [-0.4, -0.2) is 48.9 Å². The molecule has 0 aromatic heterocycles. The molecule has 5 heteroatoms. The fourth-order valence-corrected chi connectivity index (χ4v) is 4.38. The number of carbonyl (C=O) groups is 2. The minimum absolute atomic E-state index is 0.0534. The van der Waals surface area contributed by atoms with Crippen molar-refractivity contribution in [2.75, 3.05) is 20.1 Å². The minimum Gasteiger partial charge on any atom is -0.359 e. The van der Waals surface area contributed by atoms with Crippen LogP contribution >= 0.6 is 0 Å². The van der Waals surface area contributed by atoms with E-state index in [0.717, 1.165) is 25.8 Å². The van der Waals surface area contributed by atoms with Gasteiger partial charge in [0.2, 0.25) is 11.8 Å². The first-order valence-electron chi connectivity index (χ1n) is 8.26. The van der Waals surface area contributed by atoms with Crippen molar-refractivity contribution in [1.82, 2.24) is 15.5 Å². The molecule has 0 saturated carbocycles. The molecule has 2 amide bonds. The van der Waals surface area contributed by atoms with Gasteiger partial charge < -0.3 is 15.5 Å². The predicted molar refractivity (Wildman–Crippen MR) is 80.7 cm³/mol. The van der Waals surface area contributed by atoms with Gasteiger partial charge in [0.25, 0.3) is 0 Å². The number of amides is 2. The van der Waals surface area contributed by atoms with Crippen molar-refractivity contribution in [2.24, 2.45) is 11.3 Å². The third-order valence-electron chi connectivity index (χ3n) is 5.64. The third kappa shape index (κ3) is 2.93.